The van der Waals surface area contributed by atoms with Gasteiger partial charge < -0.3 is 28.8 Å². The zero-order valence-corrected chi connectivity index (χ0v) is 23.4. The van der Waals surface area contributed by atoms with E-state index in [-0.39, 0.29) is 23.7 Å². The molecule has 1 saturated carbocycles. The summed E-state index contributed by atoms with van der Waals surface area (Å²) in [5.41, 5.74) is -1.89. The number of carbonyl (C=O) groups excluding carboxylic acids is 2. The lowest BCUT2D eigenvalue weighted by molar-refractivity contribution is -0.155. The lowest BCUT2D eigenvalue weighted by Crippen LogP contribution is -2.50. The zero-order valence-electron chi connectivity index (χ0n) is 23.4. The van der Waals surface area contributed by atoms with Crippen LogP contribution >= 0.6 is 0 Å². The van der Waals surface area contributed by atoms with Gasteiger partial charge in [0.05, 0.1) is 32.8 Å². The summed E-state index contributed by atoms with van der Waals surface area (Å²) in [5, 5.41) is 12.8. The molecule has 6 rings (SSSR count). The first-order valence-electron chi connectivity index (χ1n) is 13.5. The zero-order chi connectivity index (χ0) is 29.5. The van der Waals surface area contributed by atoms with Crippen LogP contribution in [0.3, 0.4) is 0 Å². The summed E-state index contributed by atoms with van der Waals surface area (Å²) in [4.78, 5) is 27.8. The second-order valence-electron chi connectivity index (χ2n) is 10.3. The van der Waals surface area contributed by atoms with E-state index in [1.54, 1.807) is 43.5 Å². The molecule has 1 fully saturated rings. The molecule has 4 atom stereocenters. The maximum atomic E-state index is 14.5. The van der Waals surface area contributed by atoms with Crippen molar-refractivity contribution in [3.05, 3.63) is 119 Å². The summed E-state index contributed by atoms with van der Waals surface area (Å²) in [7, 11) is 4.22. The van der Waals surface area contributed by atoms with Crippen molar-refractivity contribution in [1.29, 1.82) is 0 Å². The van der Waals surface area contributed by atoms with Crippen molar-refractivity contribution in [2.24, 2.45) is 5.92 Å². The summed E-state index contributed by atoms with van der Waals surface area (Å²) in [5.74, 6) is -2.42. The van der Waals surface area contributed by atoms with Gasteiger partial charge in [-0.15, -0.1) is 0 Å². The molecule has 0 spiro atoms. The number of esters is 1. The van der Waals surface area contributed by atoms with Gasteiger partial charge in [-0.05, 0) is 23.3 Å². The van der Waals surface area contributed by atoms with E-state index >= 15 is 0 Å². The van der Waals surface area contributed by atoms with Crippen molar-refractivity contribution in [3.63, 3.8) is 0 Å². The van der Waals surface area contributed by atoms with E-state index in [2.05, 4.69) is 0 Å². The molecule has 214 valence electrons. The third kappa shape index (κ3) is 3.94. The number of hydrogen-bond donors (Lipinski definition) is 1. The van der Waals surface area contributed by atoms with Crippen molar-refractivity contribution in [2.45, 2.75) is 23.7 Å². The van der Waals surface area contributed by atoms with Gasteiger partial charge in [0, 0.05) is 17.7 Å². The lowest BCUT2D eigenvalue weighted by atomic mass is 9.70. The van der Waals surface area contributed by atoms with Crippen molar-refractivity contribution in [3.8, 4) is 23.0 Å². The topological polar surface area (TPSA) is 101 Å². The number of aliphatic hydroxyl groups is 1. The Morgan fingerprint density at radius 2 is 1.52 bits per heavy atom. The summed E-state index contributed by atoms with van der Waals surface area (Å²) in [6, 6.07) is 28.9. The van der Waals surface area contributed by atoms with Crippen LogP contribution in [0.4, 0.5) is 0 Å². The van der Waals surface area contributed by atoms with E-state index in [0.29, 0.717) is 22.6 Å². The normalized spacial score (nSPS) is 23.9. The average Bonchev–Trinajstić information content (AvgIpc) is 3.42. The smallest absolute Gasteiger partial charge is 0.317 e. The second kappa shape index (κ2) is 10.5. The summed E-state index contributed by atoms with van der Waals surface area (Å²) in [6.45, 7) is 0.284. The van der Waals surface area contributed by atoms with Crippen LogP contribution in [-0.4, -0.2) is 38.2 Å². The fourth-order valence-corrected chi connectivity index (χ4v) is 6.37. The van der Waals surface area contributed by atoms with E-state index < -0.39 is 34.8 Å². The van der Waals surface area contributed by atoms with Gasteiger partial charge in [-0.1, -0.05) is 72.8 Å². The van der Waals surface area contributed by atoms with Crippen LogP contribution in [0.5, 0.6) is 23.0 Å². The molecule has 0 amide bonds. The molecule has 1 heterocycles. The number of ketones is 1. The van der Waals surface area contributed by atoms with Crippen molar-refractivity contribution in [2.75, 3.05) is 21.3 Å². The molecule has 0 bridgehead atoms. The molecule has 1 aliphatic carbocycles. The molecule has 3 unspecified atom stereocenters. The Labute approximate surface area is 243 Å². The summed E-state index contributed by atoms with van der Waals surface area (Å²) in [6.07, 6.45) is 0. The van der Waals surface area contributed by atoms with Crippen LogP contribution < -0.4 is 18.9 Å². The van der Waals surface area contributed by atoms with Gasteiger partial charge in [0.15, 0.2) is 11.4 Å². The Morgan fingerprint density at radius 3 is 2.14 bits per heavy atom. The number of benzene rings is 4. The molecule has 0 aromatic heterocycles. The van der Waals surface area contributed by atoms with Gasteiger partial charge in [-0.25, -0.2) is 0 Å². The van der Waals surface area contributed by atoms with Crippen LogP contribution in [0.15, 0.2) is 97.1 Å². The largest absolute Gasteiger partial charge is 0.497 e. The number of Topliss-reactive ketones (excluding diaryl/α,β-unsaturated/α-hetero) is 1. The fourth-order valence-electron chi connectivity index (χ4n) is 6.37. The molecule has 0 saturated heterocycles. The maximum Gasteiger partial charge on any atom is 0.317 e. The van der Waals surface area contributed by atoms with Gasteiger partial charge in [-0.2, -0.15) is 0 Å². The van der Waals surface area contributed by atoms with Gasteiger partial charge in [0.1, 0.15) is 35.5 Å². The van der Waals surface area contributed by atoms with Crippen molar-refractivity contribution >= 4 is 11.8 Å². The molecule has 0 radical (unpaired) electrons. The molecule has 1 aliphatic heterocycles. The Hall–Kier alpha value is -4.82. The first kappa shape index (κ1) is 27.4. The average molecular weight is 567 g/mol. The fraction of sp³-hybridized carbons (Fsp3) is 0.235. The van der Waals surface area contributed by atoms with E-state index in [1.165, 1.54) is 14.2 Å². The minimum Gasteiger partial charge on any atom is -0.497 e. The van der Waals surface area contributed by atoms with E-state index in [4.69, 9.17) is 23.7 Å². The molecule has 8 nitrogen and oxygen atoms in total. The van der Waals surface area contributed by atoms with Gasteiger partial charge in [0.2, 0.25) is 5.60 Å². The monoisotopic (exact) mass is 566 g/mol. The van der Waals surface area contributed by atoms with Gasteiger partial charge >= 0.3 is 5.97 Å². The van der Waals surface area contributed by atoms with Crippen LogP contribution in [-0.2, 0) is 32.1 Å². The van der Waals surface area contributed by atoms with Crippen LogP contribution in [0, 0.1) is 5.92 Å². The highest BCUT2D eigenvalue weighted by Gasteiger charge is 2.78. The number of ether oxygens (including phenoxy) is 5. The molecule has 1 N–H and O–H groups in total. The van der Waals surface area contributed by atoms with E-state index in [0.717, 1.165) is 5.56 Å². The minimum absolute atomic E-state index is 0.130. The highest BCUT2D eigenvalue weighted by Crippen LogP contribution is 2.69. The van der Waals surface area contributed by atoms with Crippen LogP contribution in [0.1, 0.15) is 28.2 Å². The Kier molecular flexibility index (Phi) is 6.86. The Morgan fingerprint density at radius 1 is 0.857 bits per heavy atom. The van der Waals surface area contributed by atoms with Crippen LogP contribution in [0.25, 0.3) is 0 Å². The SMILES string of the molecule is COC(=O)C1C(=O)C2(O)c3c(OC)cc(OCc4ccccc4)cc3O[C@@]2(c2ccc(OC)cc2)C1c1ccccc1. The van der Waals surface area contributed by atoms with Crippen molar-refractivity contribution in [1.82, 2.24) is 0 Å². The highest BCUT2D eigenvalue weighted by molar-refractivity contribution is 6.10. The van der Waals surface area contributed by atoms with E-state index in [1.807, 2.05) is 60.7 Å². The minimum atomic E-state index is -2.32. The number of rotatable bonds is 8. The Bertz CT molecular complexity index is 1620. The first-order chi connectivity index (χ1) is 20.4. The maximum absolute atomic E-state index is 14.5. The quantitative estimate of drug-likeness (QED) is 0.237. The predicted molar refractivity (Wildman–Crippen MR) is 153 cm³/mol. The highest BCUT2D eigenvalue weighted by atomic mass is 16.5. The molecule has 42 heavy (non-hydrogen) atoms. The molecule has 8 heteroatoms. The van der Waals surface area contributed by atoms with Gasteiger partial charge in [-0.3, -0.25) is 9.59 Å². The first-order valence-corrected chi connectivity index (χ1v) is 13.5. The predicted octanol–water partition coefficient (Wildman–Crippen LogP) is 4.91. The van der Waals surface area contributed by atoms with Crippen molar-refractivity contribution < 1.29 is 38.4 Å². The molecular formula is C34H30O8. The third-order valence-corrected chi connectivity index (χ3v) is 8.22. The third-order valence-electron chi connectivity index (χ3n) is 8.22. The van der Waals surface area contributed by atoms with E-state index in [9.17, 15) is 14.7 Å². The number of carbonyl (C=O) groups is 2. The standard InChI is InChI=1S/C34H30O8/c1-38-24-16-14-23(15-17-24)34-29(22-12-8-5-9-13-22)28(32(36)40-3)31(35)33(34,37)30-26(39-2)18-25(19-27(30)42-34)41-20-21-10-6-4-7-11-21/h4-19,28-29,37H,20H2,1-3H3/t28?,29?,33?,34-/m0/s1. The van der Waals surface area contributed by atoms with Crippen LogP contribution in [0.2, 0.25) is 0 Å². The second-order valence-corrected chi connectivity index (χ2v) is 10.3. The lowest BCUT2D eigenvalue weighted by Gasteiger charge is -2.39. The number of hydrogen-bond acceptors (Lipinski definition) is 8. The molecule has 4 aromatic carbocycles. The Balaban J connectivity index is 1.58. The summed E-state index contributed by atoms with van der Waals surface area (Å²) < 4.78 is 29.1. The number of methoxy groups -OCH3 is 3. The van der Waals surface area contributed by atoms with Gasteiger partial charge in [0.25, 0.3) is 0 Å². The molecule has 4 aromatic rings. The summed E-state index contributed by atoms with van der Waals surface area (Å²) >= 11 is 0. The molecular weight excluding hydrogens is 536 g/mol. The number of fused-ring (bicyclic) bond motifs is 3. The molecule has 2 aliphatic rings.